The van der Waals surface area contributed by atoms with Gasteiger partial charge in [0.1, 0.15) is 5.75 Å². The molecule has 1 saturated heterocycles. The SMILES string of the molecule is CCCOc1cc(OC)c2c3c1C[C@@H]1[C@@H]4CCC(=O)[C@](C)(O2)[C@]34CCN1C(=O)OC(C)Cl. The maximum Gasteiger partial charge on any atom is 0.411 e. The number of piperidine rings is 1. The van der Waals surface area contributed by atoms with E-state index >= 15 is 0 Å². The van der Waals surface area contributed by atoms with Crippen LogP contribution in [0.2, 0.25) is 0 Å². The molecule has 32 heavy (non-hydrogen) atoms. The predicted octanol–water partition coefficient (Wildman–Crippen LogP) is 4.20. The highest BCUT2D eigenvalue weighted by Crippen LogP contribution is 2.68. The number of ether oxygens (including phenoxy) is 4. The van der Waals surface area contributed by atoms with Gasteiger partial charge >= 0.3 is 6.09 Å². The maximum absolute atomic E-state index is 13.3. The Labute approximate surface area is 193 Å². The molecular weight excluding hydrogens is 434 g/mol. The number of Topliss-reactive ketones (excluding diaryl/α,β-unsaturated/α-hetero) is 1. The molecule has 1 aromatic rings. The summed E-state index contributed by atoms with van der Waals surface area (Å²) < 4.78 is 23.8. The van der Waals surface area contributed by atoms with E-state index in [1.807, 2.05) is 13.0 Å². The predicted molar refractivity (Wildman–Crippen MR) is 118 cm³/mol. The van der Waals surface area contributed by atoms with Crippen LogP contribution in [0.4, 0.5) is 4.79 Å². The molecule has 1 spiro atoms. The van der Waals surface area contributed by atoms with Crippen LogP contribution < -0.4 is 14.2 Å². The lowest BCUT2D eigenvalue weighted by Gasteiger charge is -2.60. The molecule has 8 heteroatoms. The first-order chi connectivity index (χ1) is 15.3. The molecule has 2 aliphatic heterocycles. The summed E-state index contributed by atoms with van der Waals surface area (Å²) in [6.07, 6.45) is 2.84. The Morgan fingerprint density at radius 3 is 2.88 bits per heavy atom. The zero-order chi connectivity index (χ0) is 22.8. The van der Waals surface area contributed by atoms with Gasteiger partial charge in [-0.05, 0) is 45.4 Å². The second-order valence-corrected chi connectivity index (χ2v) is 10.0. The van der Waals surface area contributed by atoms with Gasteiger partial charge in [-0.3, -0.25) is 4.79 Å². The number of carbonyl (C=O) groups excluding carboxylic acids is 2. The monoisotopic (exact) mass is 463 g/mol. The molecule has 2 aliphatic carbocycles. The van der Waals surface area contributed by atoms with Gasteiger partial charge < -0.3 is 23.8 Å². The lowest BCUT2D eigenvalue weighted by molar-refractivity contribution is -0.153. The fraction of sp³-hybridized carbons (Fsp3) is 0.667. The summed E-state index contributed by atoms with van der Waals surface area (Å²) in [6, 6.07) is 1.75. The highest BCUT2D eigenvalue weighted by Gasteiger charge is 2.72. The van der Waals surface area contributed by atoms with E-state index in [1.165, 1.54) is 0 Å². The number of benzene rings is 1. The van der Waals surface area contributed by atoms with Crippen molar-refractivity contribution in [2.24, 2.45) is 5.92 Å². The molecule has 2 fully saturated rings. The minimum atomic E-state index is -0.988. The Kier molecular flexibility index (Phi) is 5.04. The largest absolute Gasteiger partial charge is 0.493 e. The number of alkyl halides is 1. The standard InChI is InChI=1S/C24H30ClNO6/c1-5-10-30-17-12-18(29-4)21-20-14(17)11-16-15-6-7-19(27)23(3,32-21)24(15,20)8-9-26(16)22(28)31-13(2)25/h12-13,15-16H,5-11H2,1-4H3/t13?,15-,16+,23-,24-/m0/s1. The van der Waals surface area contributed by atoms with Crippen LogP contribution in [0.5, 0.6) is 17.2 Å². The molecular formula is C24H30ClNO6. The third kappa shape index (κ3) is 2.66. The van der Waals surface area contributed by atoms with Crippen molar-refractivity contribution in [3.63, 3.8) is 0 Å². The summed E-state index contributed by atoms with van der Waals surface area (Å²) in [6.45, 7) is 6.68. The van der Waals surface area contributed by atoms with Crippen LogP contribution in [-0.2, 0) is 21.4 Å². The van der Waals surface area contributed by atoms with Crippen molar-refractivity contribution in [1.29, 1.82) is 0 Å². The van der Waals surface area contributed by atoms with E-state index < -0.39 is 22.7 Å². The number of amides is 1. The summed E-state index contributed by atoms with van der Waals surface area (Å²) in [5, 5.41) is 0. The van der Waals surface area contributed by atoms with E-state index in [0.717, 1.165) is 23.3 Å². The lowest BCUT2D eigenvalue weighted by Crippen LogP contribution is -2.71. The number of ketones is 1. The first-order valence-corrected chi connectivity index (χ1v) is 11.9. The molecule has 1 aromatic carbocycles. The second kappa shape index (κ2) is 7.44. The highest BCUT2D eigenvalue weighted by atomic mass is 35.5. The van der Waals surface area contributed by atoms with Crippen molar-refractivity contribution >= 4 is 23.5 Å². The first kappa shape index (κ1) is 21.7. The summed E-state index contributed by atoms with van der Waals surface area (Å²) in [4.78, 5) is 28.1. The molecule has 5 rings (SSSR count). The second-order valence-electron chi connectivity index (χ2n) is 9.42. The Morgan fingerprint density at radius 2 is 2.19 bits per heavy atom. The molecule has 0 radical (unpaired) electrons. The van der Waals surface area contributed by atoms with Gasteiger partial charge in [0.25, 0.3) is 0 Å². The van der Waals surface area contributed by atoms with Crippen molar-refractivity contribution in [3.8, 4) is 17.2 Å². The van der Waals surface area contributed by atoms with Crippen LogP contribution >= 0.6 is 11.6 Å². The average molecular weight is 464 g/mol. The summed E-state index contributed by atoms with van der Waals surface area (Å²) in [5.41, 5.74) is -0.138. The van der Waals surface area contributed by atoms with Gasteiger partial charge in [-0.25, -0.2) is 4.79 Å². The average Bonchev–Trinajstić information content (AvgIpc) is 3.02. The summed E-state index contributed by atoms with van der Waals surface area (Å²) in [5.74, 6) is 2.20. The number of rotatable bonds is 5. The Hall–Kier alpha value is -2.15. The Bertz CT molecular complexity index is 980. The van der Waals surface area contributed by atoms with Crippen molar-refractivity contribution in [1.82, 2.24) is 4.90 Å². The number of carbonyl (C=O) groups is 2. The summed E-state index contributed by atoms with van der Waals surface area (Å²) >= 11 is 5.96. The number of halogens is 1. The molecule has 2 heterocycles. The van der Waals surface area contributed by atoms with E-state index in [4.69, 9.17) is 30.5 Å². The first-order valence-electron chi connectivity index (χ1n) is 11.5. The quantitative estimate of drug-likeness (QED) is 0.609. The van der Waals surface area contributed by atoms with Crippen LogP contribution in [0, 0.1) is 5.92 Å². The number of likely N-dealkylation sites (tertiary alicyclic amines) is 1. The molecule has 0 aromatic heterocycles. The normalized spacial score (nSPS) is 32.7. The van der Waals surface area contributed by atoms with Gasteiger partial charge in [0, 0.05) is 36.2 Å². The van der Waals surface area contributed by atoms with Gasteiger partial charge in [0.05, 0.1) is 19.1 Å². The third-order valence-electron chi connectivity index (χ3n) is 7.97. The molecule has 5 atom stereocenters. The number of hydrogen-bond donors (Lipinski definition) is 0. The molecule has 1 amide bonds. The van der Waals surface area contributed by atoms with E-state index in [0.29, 0.717) is 50.3 Å². The van der Waals surface area contributed by atoms with Crippen LogP contribution in [0.3, 0.4) is 0 Å². The zero-order valence-corrected chi connectivity index (χ0v) is 19.8. The van der Waals surface area contributed by atoms with Crippen LogP contribution in [0.15, 0.2) is 6.07 Å². The molecule has 4 aliphatic rings. The molecule has 174 valence electrons. The van der Waals surface area contributed by atoms with Gasteiger partial charge in [-0.15, -0.1) is 0 Å². The number of hydrogen-bond acceptors (Lipinski definition) is 6. The Balaban J connectivity index is 1.71. The topological polar surface area (TPSA) is 74.3 Å². The molecule has 1 saturated carbocycles. The third-order valence-corrected chi connectivity index (χ3v) is 8.06. The van der Waals surface area contributed by atoms with Crippen molar-refractivity contribution in [2.45, 2.75) is 75.5 Å². The van der Waals surface area contributed by atoms with Crippen molar-refractivity contribution in [3.05, 3.63) is 17.2 Å². The fourth-order valence-electron chi connectivity index (χ4n) is 6.72. The van der Waals surface area contributed by atoms with Crippen LogP contribution in [0.25, 0.3) is 0 Å². The van der Waals surface area contributed by atoms with Crippen LogP contribution in [-0.4, -0.2) is 54.2 Å². The number of methoxy groups -OCH3 is 1. The van der Waals surface area contributed by atoms with Gasteiger partial charge in [-0.2, -0.15) is 0 Å². The van der Waals surface area contributed by atoms with E-state index in [2.05, 4.69) is 6.92 Å². The van der Waals surface area contributed by atoms with Crippen LogP contribution in [0.1, 0.15) is 57.6 Å². The lowest BCUT2D eigenvalue weighted by atomic mass is 9.47. The fourth-order valence-corrected chi connectivity index (χ4v) is 6.79. The molecule has 0 N–H and O–H groups in total. The highest BCUT2D eigenvalue weighted by molar-refractivity contribution is 6.19. The minimum absolute atomic E-state index is 0.0806. The van der Waals surface area contributed by atoms with Gasteiger partial charge in [-0.1, -0.05) is 18.5 Å². The smallest absolute Gasteiger partial charge is 0.411 e. The number of nitrogens with zero attached hydrogens (tertiary/aromatic N) is 1. The Morgan fingerprint density at radius 1 is 1.41 bits per heavy atom. The molecule has 2 bridgehead atoms. The molecule has 1 unspecified atom stereocenters. The minimum Gasteiger partial charge on any atom is -0.493 e. The van der Waals surface area contributed by atoms with Gasteiger partial charge in [0.2, 0.25) is 0 Å². The molecule has 7 nitrogen and oxygen atoms in total. The van der Waals surface area contributed by atoms with E-state index in [9.17, 15) is 9.59 Å². The maximum atomic E-state index is 13.3. The van der Waals surface area contributed by atoms with Crippen molar-refractivity contribution < 1.29 is 28.5 Å². The summed E-state index contributed by atoms with van der Waals surface area (Å²) in [7, 11) is 1.62. The van der Waals surface area contributed by atoms with E-state index in [1.54, 1.807) is 18.9 Å². The van der Waals surface area contributed by atoms with E-state index in [-0.39, 0.29) is 17.7 Å². The zero-order valence-electron chi connectivity index (χ0n) is 19.0. The van der Waals surface area contributed by atoms with Gasteiger partial charge in [0.15, 0.2) is 28.4 Å². The van der Waals surface area contributed by atoms with Crippen molar-refractivity contribution in [2.75, 3.05) is 20.3 Å².